The van der Waals surface area contributed by atoms with Crippen molar-refractivity contribution in [3.63, 3.8) is 0 Å². The summed E-state index contributed by atoms with van der Waals surface area (Å²) in [6.07, 6.45) is 0.579. The summed E-state index contributed by atoms with van der Waals surface area (Å²) in [4.78, 5) is 27.8. The van der Waals surface area contributed by atoms with Crippen molar-refractivity contribution in [3.8, 4) is 0 Å². The molecule has 3 N–H and O–H groups in total. The van der Waals surface area contributed by atoms with E-state index in [0.717, 1.165) is 4.57 Å². The zero-order chi connectivity index (χ0) is 15.4. The molecular weight excluding hydrogens is 275 g/mol. The van der Waals surface area contributed by atoms with Crippen molar-refractivity contribution in [2.24, 2.45) is 0 Å². The number of aryl methyl sites for hydroxylation is 1. The first-order chi connectivity index (χ1) is 9.99. The van der Waals surface area contributed by atoms with Gasteiger partial charge in [0.2, 0.25) is 11.9 Å². The number of rotatable bonds is 4. The number of benzene rings is 1. The van der Waals surface area contributed by atoms with Crippen LogP contribution in [0.3, 0.4) is 0 Å². The van der Waals surface area contributed by atoms with Gasteiger partial charge in [0.15, 0.2) is 0 Å². The Hall–Kier alpha value is -2.70. The lowest BCUT2D eigenvalue weighted by Gasteiger charge is -2.10. The molecule has 0 fully saturated rings. The van der Waals surface area contributed by atoms with Crippen molar-refractivity contribution in [1.29, 1.82) is 0 Å². The molecule has 0 aliphatic carbocycles. The number of hydrogen-bond donors (Lipinski definition) is 2. The van der Waals surface area contributed by atoms with E-state index in [1.165, 1.54) is 24.3 Å². The van der Waals surface area contributed by atoms with Gasteiger partial charge in [-0.05, 0) is 24.6 Å². The van der Waals surface area contributed by atoms with E-state index in [1.807, 2.05) is 6.92 Å². The van der Waals surface area contributed by atoms with Crippen LogP contribution in [0.2, 0.25) is 0 Å². The fraction of sp³-hybridized carbons (Fsp3) is 0.214. The molecule has 0 saturated heterocycles. The van der Waals surface area contributed by atoms with Gasteiger partial charge in [-0.15, -0.1) is 0 Å². The summed E-state index contributed by atoms with van der Waals surface area (Å²) in [6.45, 7) is 1.57. The van der Waals surface area contributed by atoms with E-state index in [-0.39, 0.29) is 12.5 Å². The quantitative estimate of drug-likeness (QED) is 0.884. The van der Waals surface area contributed by atoms with Crippen LogP contribution in [0.5, 0.6) is 0 Å². The smallest absolute Gasteiger partial charge is 0.255 e. The predicted molar refractivity (Wildman–Crippen MR) is 77.3 cm³/mol. The summed E-state index contributed by atoms with van der Waals surface area (Å²) in [5.74, 6) is -0.965. The topological polar surface area (TPSA) is 90.0 Å². The Morgan fingerprint density at radius 2 is 2.19 bits per heavy atom. The molecule has 0 aliphatic heterocycles. The normalized spacial score (nSPS) is 10.4. The first-order valence-corrected chi connectivity index (χ1v) is 6.41. The molecule has 2 rings (SSSR count). The second-order valence-electron chi connectivity index (χ2n) is 4.44. The highest BCUT2D eigenvalue weighted by Gasteiger charge is 2.10. The first kappa shape index (κ1) is 14.7. The zero-order valence-electron chi connectivity index (χ0n) is 11.5. The molecule has 1 aromatic carbocycles. The largest absolute Gasteiger partial charge is 0.369 e. The van der Waals surface area contributed by atoms with Crippen molar-refractivity contribution in [2.75, 3.05) is 11.1 Å². The molecule has 21 heavy (non-hydrogen) atoms. The third kappa shape index (κ3) is 3.65. The molecule has 0 radical (unpaired) electrons. The van der Waals surface area contributed by atoms with Gasteiger partial charge in [-0.25, -0.2) is 9.37 Å². The molecule has 1 aromatic heterocycles. The van der Waals surface area contributed by atoms with Crippen LogP contribution >= 0.6 is 0 Å². The molecule has 0 saturated carbocycles. The SMILES string of the molecule is CCc1cc(=O)n(CC(=O)Nc2cccc(F)c2)c(N)n1. The summed E-state index contributed by atoms with van der Waals surface area (Å²) >= 11 is 0. The van der Waals surface area contributed by atoms with E-state index >= 15 is 0 Å². The van der Waals surface area contributed by atoms with E-state index in [1.54, 1.807) is 6.07 Å². The average molecular weight is 290 g/mol. The number of nitrogens with zero attached hydrogens (tertiary/aromatic N) is 2. The van der Waals surface area contributed by atoms with Gasteiger partial charge in [0, 0.05) is 17.4 Å². The number of nitrogens with one attached hydrogen (secondary N) is 1. The number of amides is 1. The molecule has 0 aliphatic rings. The lowest BCUT2D eigenvalue weighted by Crippen LogP contribution is -2.30. The van der Waals surface area contributed by atoms with Gasteiger partial charge >= 0.3 is 0 Å². The van der Waals surface area contributed by atoms with E-state index in [0.29, 0.717) is 17.8 Å². The Balaban J connectivity index is 2.15. The van der Waals surface area contributed by atoms with Crippen LogP contribution in [0.1, 0.15) is 12.6 Å². The number of nitrogen functional groups attached to an aromatic ring is 1. The van der Waals surface area contributed by atoms with E-state index in [2.05, 4.69) is 10.3 Å². The average Bonchev–Trinajstić information content (AvgIpc) is 2.42. The van der Waals surface area contributed by atoms with Crippen LogP contribution in [0, 0.1) is 5.82 Å². The highest BCUT2D eigenvalue weighted by Crippen LogP contribution is 2.09. The van der Waals surface area contributed by atoms with Crippen molar-refractivity contribution in [3.05, 3.63) is 52.2 Å². The first-order valence-electron chi connectivity index (χ1n) is 6.41. The molecule has 6 nitrogen and oxygen atoms in total. The minimum atomic E-state index is -0.486. The Morgan fingerprint density at radius 3 is 2.81 bits per heavy atom. The number of hydrogen-bond acceptors (Lipinski definition) is 4. The molecule has 0 spiro atoms. The standard InChI is InChI=1S/C14H15FN4O2/c1-2-10-7-13(21)19(14(16)18-10)8-12(20)17-11-5-3-4-9(15)6-11/h3-7H,2,8H2,1H3,(H2,16,18)(H,17,20). The summed E-state index contributed by atoms with van der Waals surface area (Å²) in [6, 6.07) is 6.81. The van der Waals surface area contributed by atoms with Crippen LogP contribution in [-0.4, -0.2) is 15.5 Å². The Kier molecular flexibility index (Phi) is 4.32. The third-order valence-corrected chi connectivity index (χ3v) is 2.86. The number of carbonyl (C=O) groups is 1. The van der Waals surface area contributed by atoms with Gasteiger partial charge in [0.25, 0.3) is 5.56 Å². The molecule has 2 aromatic rings. The molecule has 0 bridgehead atoms. The number of nitrogens with two attached hydrogens (primary N) is 1. The maximum atomic E-state index is 13.0. The van der Waals surface area contributed by atoms with Gasteiger partial charge in [-0.1, -0.05) is 13.0 Å². The summed E-state index contributed by atoms with van der Waals surface area (Å²) < 4.78 is 14.1. The molecule has 1 amide bonds. The molecule has 7 heteroatoms. The summed E-state index contributed by atoms with van der Waals surface area (Å²) in [7, 11) is 0. The molecule has 0 unspecified atom stereocenters. The molecule has 1 heterocycles. The number of halogens is 1. The number of anilines is 2. The highest BCUT2D eigenvalue weighted by atomic mass is 19.1. The van der Waals surface area contributed by atoms with Gasteiger partial charge in [-0.2, -0.15) is 0 Å². The van der Waals surface area contributed by atoms with Crippen molar-refractivity contribution in [2.45, 2.75) is 19.9 Å². The van der Waals surface area contributed by atoms with Gasteiger partial charge in [0.05, 0.1) is 0 Å². The third-order valence-electron chi connectivity index (χ3n) is 2.86. The van der Waals surface area contributed by atoms with Crippen molar-refractivity contribution >= 4 is 17.5 Å². The minimum absolute atomic E-state index is 0.0197. The van der Waals surface area contributed by atoms with Crippen LogP contribution in [-0.2, 0) is 17.8 Å². The van der Waals surface area contributed by atoms with Gasteiger partial charge < -0.3 is 11.1 Å². The number of aromatic nitrogens is 2. The maximum Gasteiger partial charge on any atom is 0.255 e. The Bertz CT molecular complexity index is 727. The van der Waals surface area contributed by atoms with Crippen molar-refractivity contribution < 1.29 is 9.18 Å². The van der Waals surface area contributed by atoms with E-state index in [4.69, 9.17) is 5.73 Å². The highest BCUT2D eigenvalue weighted by molar-refractivity contribution is 5.90. The van der Waals surface area contributed by atoms with E-state index < -0.39 is 17.3 Å². The van der Waals surface area contributed by atoms with Crippen LogP contribution in [0.4, 0.5) is 16.0 Å². The van der Waals surface area contributed by atoms with Gasteiger partial charge in [-0.3, -0.25) is 14.2 Å². The monoisotopic (exact) mass is 290 g/mol. The lowest BCUT2D eigenvalue weighted by molar-refractivity contribution is -0.116. The minimum Gasteiger partial charge on any atom is -0.369 e. The summed E-state index contributed by atoms with van der Waals surface area (Å²) in [5.41, 5.74) is 6.16. The fourth-order valence-electron chi connectivity index (χ4n) is 1.82. The van der Waals surface area contributed by atoms with E-state index in [9.17, 15) is 14.0 Å². The molecule has 110 valence electrons. The second-order valence-corrected chi connectivity index (χ2v) is 4.44. The maximum absolute atomic E-state index is 13.0. The second kappa shape index (κ2) is 6.17. The predicted octanol–water partition coefficient (Wildman–Crippen LogP) is 1.17. The molecular formula is C14H15FN4O2. The Morgan fingerprint density at radius 1 is 1.43 bits per heavy atom. The fourth-order valence-corrected chi connectivity index (χ4v) is 1.82. The number of carbonyl (C=O) groups excluding carboxylic acids is 1. The van der Waals surface area contributed by atoms with Crippen LogP contribution in [0.15, 0.2) is 35.1 Å². The van der Waals surface area contributed by atoms with Crippen LogP contribution in [0.25, 0.3) is 0 Å². The summed E-state index contributed by atoms with van der Waals surface area (Å²) in [5, 5.41) is 2.49. The lowest BCUT2D eigenvalue weighted by atomic mass is 10.3. The molecule has 0 atom stereocenters. The zero-order valence-corrected chi connectivity index (χ0v) is 11.5. The van der Waals surface area contributed by atoms with Crippen molar-refractivity contribution in [1.82, 2.24) is 9.55 Å². The van der Waals surface area contributed by atoms with Gasteiger partial charge in [0.1, 0.15) is 12.4 Å². The van der Waals surface area contributed by atoms with Crippen LogP contribution < -0.4 is 16.6 Å². The Labute approximate surface area is 120 Å².